The fourth-order valence-corrected chi connectivity index (χ4v) is 2.51. The van der Waals surface area contributed by atoms with Crippen molar-refractivity contribution in [2.45, 2.75) is 20.3 Å². The van der Waals surface area contributed by atoms with Crippen LogP contribution >= 0.6 is 0 Å². The molecule has 0 saturated carbocycles. The number of aryl methyl sites for hydroxylation is 2. The minimum Gasteiger partial charge on any atom is -0.355 e. The Morgan fingerprint density at radius 1 is 0.950 bits per heavy atom. The van der Waals surface area contributed by atoms with Gasteiger partial charge in [0.1, 0.15) is 0 Å². The number of fused-ring (bicyclic) bond motifs is 1. The first-order chi connectivity index (χ1) is 9.78. The lowest BCUT2D eigenvalue weighted by molar-refractivity contribution is 1.14. The Balaban J connectivity index is 2.10. The summed E-state index contributed by atoms with van der Waals surface area (Å²) in [7, 11) is 0. The largest absolute Gasteiger partial charge is 0.355 e. The standard InChI is InChI=1S/C18H18N2/c1-3-14-8-4-6-10-16(14)20-18-12-13(2)19-17-11-7-5-9-15(17)18/h4-12H,3H2,1-2H3,(H,19,20). The Bertz CT molecular complexity index is 747. The Labute approximate surface area is 119 Å². The molecular weight excluding hydrogens is 244 g/mol. The van der Waals surface area contributed by atoms with Crippen LogP contribution < -0.4 is 5.32 Å². The van der Waals surface area contributed by atoms with Crippen molar-refractivity contribution in [3.63, 3.8) is 0 Å². The number of para-hydroxylation sites is 2. The summed E-state index contributed by atoms with van der Waals surface area (Å²) < 4.78 is 0. The van der Waals surface area contributed by atoms with Gasteiger partial charge in [-0.1, -0.05) is 43.3 Å². The first-order valence-corrected chi connectivity index (χ1v) is 6.99. The summed E-state index contributed by atoms with van der Waals surface area (Å²) in [6.07, 6.45) is 1.02. The molecule has 1 N–H and O–H groups in total. The van der Waals surface area contributed by atoms with Crippen LogP contribution in [-0.2, 0) is 6.42 Å². The quantitative estimate of drug-likeness (QED) is 0.730. The second-order valence-corrected chi connectivity index (χ2v) is 4.96. The highest BCUT2D eigenvalue weighted by Gasteiger charge is 2.05. The molecule has 0 aliphatic carbocycles. The highest BCUT2D eigenvalue weighted by atomic mass is 14.9. The van der Waals surface area contributed by atoms with Crippen LogP contribution in [0.2, 0.25) is 0 Å². The van der Waals surface area contributed by atoms with Crippen molar-refractivity contribution in [2.75, 3.05) is 5.32 Å². The molecular formula is C18H18N2. The van der Waals surface area contributed by atoms with E-state index >= 15 is 0 Å². The predicted molar refractivity (Wildman–Crippen MR) is 85.6 cm³/mol. The highest BCUT2D eigenvalue weighted by molar-refractivity contribution is 5.93. The molecule has 1 heterocycles. The molecule has 2 heteroatoms. The van der Waals surface area contributed by atoms with E-state index in [1.807, 2.05) is 13.0 Å². The summed E-state index contributed by atoms with van der Waals surface area (Å²) in [5, 5.41) is 4.72. The van der Waals surface area contributed by atoms with Crippen molar-refractivity contribution in [1.29, 1.82) is 0 Å². The first kappa shape index (κ1) is 12.7. The molecule has 2 aromatic carbocycles. The van der Waals surface area contributed by atoms with Gasteiger partial charge in [0.25, 0.3) is 0 Å². The van der Waals surface area contributed by atoms with Gasteiger partial charge in [0.05, 0.1) is 5.52 Å². The summed E-state index contributed by atoms with van der Waals surface area (Å²) in [6, 6.07) is 18.8. The van der Waals surface area contributed by atoms with Gasteiger partial charge in [-0.05, 0) is 37.1 Å². The van der Waals surface area contributed by atoms with Crippen LogP contribution in [0.5, 0.6) is 0 Å². The van der Waals surface area contributed by atoms with Gasteiger partial charge in [-0.25, -0.2) is 0 Å². The average molecular weight is 262 g/mol. The van der Waals surface area contributed by atoms with Gasteiger partial charge >= 0.3 is 0 Å². The third-order valence-corrected chi connectivity index (χ3v) is 3.51. The number of benzene rings is 2. The first-order valence-electron chi connectivity index (χ1n) is 6.99. The number of nitrogens with zero attached hydrogens (tertiary/aromatic N) is 1. The Morgan fingerprint density at radius 3 is 2.55 bits per heavy atom. The fraction of sp³-hybridized carbons (Fsp3) is 0.167. The molecule has 0 amide bonds. The molecule has 0 radical (unpaired) electrons. The molecule has 0 bridgehead atoms. The minimum absolute atomic E-state index is 1.02. The van der Waals surface area contributed by atoms with E-state index in [4.69, 9.17) is 0 Å². The third-order valence-electron chi connectivity index (χ3n) is 3.51. The number of pyridine rings is 1. The molecule has 20 heavy (non-hydrogen) atoms. The molecule has 0 saturated heterocycles. The van der Waals surface area contributed by atoms with Crippen LogP contribution in [0.15, 0.2) is 54.6 Å². The van der Waals surface area contributed by atoms with E-state index in [2.05, 4.69) is 65.8 Å². The van der Waals surface area contributed by atoms with Crippen molar-refractivity contribution in [2.24, 2.45) is 0 Å². The maximum Gasteiger partial charge on any atom is 0.0726 e. The summed E-state index contributed by atoms with van der Waals surface area (Å²) in [4.78, 5) is 4.58. The lowest BCUT2D eigenvalue weighted by Crippen LogP contribution is -1.97. The van der Waals surface area contributed by atoms with Gasteiger partial charge in [-0.2, -0.15) is 0 Å². The molecule has 2 nitrogen and oxygen atoms in total. The number of aromatic nitrogens is 1. The van der Waals surface area contributed by atoms with Crippen LogP contribution in [0.25, 0.3) is 10.9 Å². The zero-order valence-corrected chi connectivity index (χ0v) is 11.9. The van der Waals surface area contributed by atoms with Crippen LogP contribution in [0.3, 0.4) is 0 Å². The van der Waals surface area contributed by atoms with Crippen molar-refractivity contribution in [1.82, 2.24) is 4.98 Å². The summed E-state index contributed by atoms with van der Waals surface area (Å²) in [6.45, 7) is 4.21. The molecule has 0 aliphatic rings. The molecule has 3 aromatic rings. The van der Waals surface area contributed by atoms with Crippen LogP contribution in [0.1, 0.15) is 18.2 Å². The SMILES string of the molecule is CCc1ccccc1Nc1cc(C)nc2ccccc12. The average Bonchev–Trinajstić information content (AvgIpc) is 2.47. The maximum atomic E-state index is 4.58. The van der Waals surface area contributed by atoms with Crippen molar-refractivity contribution in [3.05, 3.63) is 65.9 Å². The normalized spacial score (nSPS) is 10.7. The second-order valence-electron chi connectivity index (χ2n) is 4.96. The number of anilines is 2. The van der Waals surface area contributed by atoms with Gasteiger partial charge in [0, 0.05) is 22.5 Å². The lowest BCUT2D eigenvalue weighted by Gasteiger charge is -2.13. The van der Waals surface area contributed by atoms with Crippen LogP contribution in [0.4, 0.5) is 11.4 Å². The third kappa shape index (κ3) is 2.37. The van der Waals surface area contributed by atoms with Crippen molar-refractivity contribution in [3.8, 4) is 0 Å². The Morgan fingerprint density at radius 2 is 1.70 bits per heavy atom. The molecule has 100 valence electrons. The van der Waals surface area contributed by atoms with E-state index in [0.717, 1.165) is 28.7 Å². The van der Waals surface area contributed by atoms with Crippen LogP contribution in [-0.4, -0.2) is 4.98 Å². The van der Waals surface area contributed by atoms with Gasteiger partial charge in [-0.3, -0.25) is 4.98 Å². The zero-order valence-electron chi connectivity index (χ0n) is 11.9. The molecule has 3 rings (SSSR count). The summed E-state index contributed by atoms with van der Waals surface area (Å²) >= 11 is 0. The molecule has 0 spiro atoms. The minimum atomic E-state index is 1.02. The van der Waals surface area contributed by atoms with Gasteiger partial charge in [0.15, 0.2) is 0 Å². The number of rotatable bonds is 3. The van der Waals surface area contributed by atoms with Gasteiger partial charge < -0.3 is 5.32 Å². The van der Waals surface area contributed by atoms with E-state index in [9.17, 15) is 0 Å². The maximum absolute atomic E-state index is 4.58. The van der Waals surface area contributed by atoms with Gasteiger partial charge in [-0.15, -0.1) is 0 Å². The van der Waals surface area contributed by atoms with Crippen molar-refractivity contribution >= 4 is 22.3 Å². The number of hydrogen-bond donors (Lipinski definition) is 1. The predicted octanol–water partition coefficient (Wildman–Crippen LogP) is 4.85. The second kappa shape index (κ2) is 5.33. The fourth-order valence-electron chi connectivity index (χ4n) is 2.51. The summed E-state index contributed by atoms with van der Waals surface area (Å²) in [5.74, 6) is 0. The monoisotopic (exact) mass is 262 g/mol. The number of hydrogen-bond acceptors (Lipinski definition) is 2. The summed E-state index contributed by atoms with van der Waals surface area (Å²) in [5.41, 5.74) is 5.68. The van der Waals surface area contributed by atoms with E-state index in [1.54, 1.807) is 0 Å². The van der Waals surface area contributed by atoms with E-state index in [-0.39, 0.29) is 0 Å². The highest BCUT2D eigenvalue weighted by Crippen LogP contribution is 2.28. The molecule has 0 aliphatic heterocycles. The van der Waals surface area contributed by atoms with E-state index in [1.165, 1.54) is 11.3 Å². The molecule has 0 fully saturated rings. The Kier molecular flexibility index (Phi) is 3.38. The zero-order chi connectivity index (χ0) is 13.9. The van der Waals surface area contributed by atoms with Crippen LogP contribution in [0, 0.1) is 6.92 Å². The molecule has 0 atom stereocenters. The molecule has 1 aromatic heterocycles. The van der Waals surface area contributed by atoms with Gasteiger partial charge in [0.2, 0.25) is 0 Å². The Hall–Kier alpha value is -2.35. The van der Waals surface area contributed by atoms with E-state index < -0.39 is 0 Å². The van der Waals surface area contributed by atoms with Crippen molar-refractivity contribution < 1.29 is 0 Å². The topological polar surface area (TPSA) is 24.9 Å². The smallest absolute Gasteiger partial charge is 0.0726 e. The molecule has 0 unspecified atom stereocenters. The van der Waals surface area contributed by atoms with E-state index in [0.29, 0.717) is 0 Å². The number of nitrogens with one attached hydrogen (secondary N) is 1. The lowest BCUT2D eigenvalue weighted by atomic mass is 10.1.